The van der Waals surface area contributed by atoms with Gasteiger partial charge in [0, 0.05) is 44.4 Å². The third-order valence-corrected chi connectivity index (χ3v) is 6.77. The van der Waals surface area contributed by atoms with Crippen LogP contribution in [0.5, 0.6) is 0 Å². The van der Waals surface area contributed by atoms with Gasteiger partial charge in [0.2, 0.25) is 0 Å². The SMILES string of the molecule is CC(C)NC(=O)N(C1CC1)C1CCOC2(CCN(C(=O)NCc3ccc(F)cc3)CC2)C1. The van der Waals surface area contributed by atoms with Crippen LogP contribution in [-0.2, 0) is 11.3 Å². The zero-order chi connectivity index (χ0) is 22.7. The van der Waals surface area contributed by atoms with Gasteiger partial charge in [-0.1, -0.05) is 12.1 Å². The lowest BCUT2D eigenvalue weighted by Gasteiger charge is -2.48. The van der Waals surface area contributed by atoms with E-state index in [0.29, 0.717) is 32.3 Å². The number of hydrogen-bond donors (Lipinski definition) is 2. The van der Waals surface area contributed by atoms with E-state index in [1.807, 2.05) is 18.7 Å². The number of nitrogens with zero attached hydrogens (tertiary/aromatic N) is 2. The number of carbonyl (C=O) groups excluding carboxylic acids is 2. The van der Waals surface area contributed by atoms with Crippen molar-refractivity contribution in [1.82, 2.24) is 20.4 Å². The Kier molecular flexibility index (Phi) is 6.88. The molecule has 3 fully saturated rings. The normalized spacial score (nSPS) is 22.6. The van der Waals surface area contributed by atoms with E-state index in [2.05, 4.69) is 15.5 Å². The highest BCUT2D eigenvalue weighted by Gasteiger charge is 2.46. The molecule has 2 aliphatic heterocycles. The third kappa shape index (κ3) is 5.52. The van der Waals surface area contributed by atoms with Crippen LogP contribution in [0.1, 0.15) is 57.9 Å². The molecule has 4 amide bonds. The summed E-state index contributed by atoms with van der Waals surface area (Å²) in [5.74, 6) is -0.283. The van der Waals surface area contributed by atoms with E-state index in [0.717, 1.165) is 44.1 Å². The first-order chi connectivity index (χ1) is 15.3. The van der Waals surface area contributed by atoms with Gasteiger partial charge in [0.05, 0.1) is 5.60 Å². The quantitative estimate of drug-likeness (QED) is 0.725. The molecular formula is C24H35FN4O3. The number of rotatable bonds is 5. The topological polar surface area (TPSA) is 73.9 Å². The molecule has 1 atom stereocenters. The third-order valence-electron chi connectivity index (χ3n) is 6.77. The van der Waals surface area contributed by atoms with Crippen LogP contribution in [0.3, 0.4) is 0 Å². The number of hydrogen-bond acceptors (Lipinski definition) is 3. The van der Waals surface area contributed by atoms with Gasteiger partial charge < -0.3 is 25.2 Å². The smallest absolute Gasteiger partial charge is 0.318 e. The second-order valence-corrected chi connectivity index (χ2v) is 9.69. The van der Waals surface area contributed by atoms with Gasteiger partial charge >= 0.3 is 12.1 Å². The summed E-state index contributed by atoms with van der Waals surface area (Å²) in [6, 6.07) is 6.75. The van der Waals surface area contributed by atoms with Crippen LogP contribution >= 0.6 is 0 Å². The highest BCUT2D eigenvalue weighted by Crippen LogP contribution is 2.40. The summed E-state index contributed by atoms with van der Waals surface area (Å²) in [6.07, 6.45) is 5.41. The van der Waals surface area contributed by atoms with Crippen LogP contribution in [0.15, 0.2) is 24.3 Å². The molecule has 1 unspecified atom stereocenters. The minimum atomic E-state index is -0.283. The molecule has 4 rings (SSSR count). The monoisotopic (exact) mass is 446 g/mol. The fourth-order valence-electron chi connectivity index (χ4n) is 4.90. The molecule has 0 radical (unpaired) electrons. The molecule has 32 heavy (non-hydrogen) atoms. The first-order valence-corrected chi connectivity index (χ1v) is 11.9. The van der Waals surface area contributed by atoms with Gasteiger partial charge in [-0.25, -0.2) is 14.0 Å². The molecule has 1 aliphatic carbocycles. The summed E-state index contributed by atoms with van der Waals surface area (Å²) in [7, 11) is 0. The van der Waals surface area contributed by atoms with E-state index < -0.39 is 0 Å². The molecule has 1 aromatic rings. The fraction of sp³-hybridized carbons (Fsp3) is 0.667. The van der Waals surface area contributed by atoms with Gasteiger partial charge in [-0.2, -0.15) is 0 Å². The van der Waals surface area contributed by atoms with E-state index in [1.54, 1.807) is 12.1 Å². The lowest BCUT2D eigenvalue weighted by atomic mass is 9.82. The number of ether oxygens (including phenoxy) is 1. The Morgan fingerprint density at radius 3 is 2.47 bits per heavy atom. The number of urea groups is 2. The molecule has 1 spiro atoms. The van der Waals surface area contributed by atoms with Gasteiger partial charge in [0.25, 0.3) is 0 Å². The van der Waals surface area contributed by atoms with Gasteiger partial charge in [-0.05, 0) is 70.1 Å². The number of benzene rings is 1. The van der Waals surface area contributed by atoms with E-state index in [9.17, 15) is 14.0 Å². The Labute approximate surface area is 189 Å². The highest BCUT2D eigenvalue weighted by atomic mass is 19.1. The van der Waals surface area contributed by atoms with Crippen LogP contribution in [0, 0.1) is 5.82 Å². The number of nitrogens with one attached hydrogen (secondary N) is 2. The first kappa shape index (κ1) is 22.8. The predicted molar refractivity (Wildman–Crippen MR) is 120 cm³/mol. The maximum atomic E-state index is 13.0. The van der Waals surface area contributed by atoms with Crippen molar-refractivity contribution in [2.24, 2.45) is 0 Å². The summed E-state index contributed by atoms with van der Waals surface area (Å²) >= 11 is 0. The molecule has 3 aliphatic rings. The van der Waals surface area contributed by atoms with Crippen molar-refractivity contribution >= 4 is 12.1 Å². The average Bonchev–Trinajstić information content (AvgIpc) is 3.58. The van der Waals surface area contributed by atoms with Gasteiger partial charge in [0.15, 0.2) is 0 Å². The summed E-state index contributed by atoms with van der Waals surface area (Å²) in [4.78, 5) is 29.4. The van der Waals surface area contributed by atoms with E-state index in [1.165, 1.54) is 12.1 Å². The minimum absolute atomic E-state index is 0.0437. The van der Waals surface area contributed by atoms with Crippen LogP contribution in [-0.4, -0.2) is 65.3 Å². The van der Waals surface area contributed by atoms with Crippen LogP contribution in [0.2, 0.25) is 0 Å². The van der Waals surface area contributed by atoms with E-state index >= 15 is 0 Å². The van der Waals surface area contributed by atoms with Crippen molar-refractivity contribution in [2.45, 2.75) is 82.6 Å². The van der Waals surface area contributed by atoms with Crippen LogP contribution in [0.4, 0.5) is 14.0 Å². The molecule has 2 N–H and O–H groups in total. The lowest BCUT2D eigenvalue weighted by molar-refractivity contribution is -0.125. The zero-order valence-corrected chi connectivity index (χ0v) is 19.1. The molecule has 0 aromatic heterocycles. The molecule has 2 heterocycles. The standard InChI is InChI=1S/C24H35FN4O3/c1-17(2)27-23(31)29(20-7-8-20)21-9-14-32-24(15-21)10-12-28(13-11-24)22(30)26-16-18-3-5-19(25)6-4-18/h3-6,17,20-21H,7-16H2,1-2H3,(H,26,30)(H,27,31). The largest absolute Gasteiger partial charge is 0.375 e. The van der Waals surface area contributed by atoms with E-state index in [4.69, 9.17) is 4.74 Å². The lowest BCUT2D eigenvalue weighted by Crippen LogP contribution is -2.58. The number of likely N-dealkylation sites (tertiary alicyclic amines) is 1. The molecular weight excluding hydrogens is 411 g/mol. The Hall–Kier alpha value is -2.35. The Balaban J connectivity index is 1.30. The molecule has 8 heteroatoms. The maximum absolute atomic E-state index is 13.0. The molecule has 1 aromatic carbocycles. The van der Waals surface area contributed by atoms with Crippen molar-refractivity contribution in [3.63, 3.8) is 0 Å². The fourth-order valence-corrected chi connectivity index (χ4v) is 4.90. The second-order valence-electron chi connectivity index (χ2n) is 9.69. The van der Waals surface area contributed by atoms with Crippen LogP contribution in [0.25, 0.3) is 0 Å². The summed E-state index contributed by atoms with van der Waals surface area (Å²) in [6.45, 7) is 6.27. The second kappa shape index (κ2) is 9.65. The summed E-state index contributed by atoms with van der Waals surface area (Å²) in [5.41, 5.74) is 0.605. The van der Waals surface area contributed by atoms with Gasteiger partial charge in [-0.15, -0.1) is 0 Å². The van der Waals surface area contributed by atoms with E-state index in [-0.39, 0.29) is 35.6 Å². The predicted octanol–water partition coefficient (Wildman–Crippen LogP) is 3.63. The van der Waals surface area contributed by atoms with Crippen molar-refractivity contribution < 1.29 is 18.7 Å². The summed E-state index contributed by atoms with van der Waals surface area (Å²) in [5, 5.41) is 5.99. The van der Waals surface area contributed by atoms with Crippen molar-refractivity contribution in [3.8, 4) is 0 Å². The number of amides is 4. The van der Waals surface area contributed by atoms with Crippen molar-refractivity contribution in [3.05, 3.63) is 35.6 Å². The minimum Gasteiger partial charge on any atom is -0.375 e. The Morgan fingerprint density at radius 1 is 1.16 bits per heavy atom. The molecule has 0 bridgehead atoms. The van der Waals surface area contributed by atoms with Gasteiger partial charge in [-0.3, -0.25) is 0 Å². The first-order valence-electron chi connectivity index (χ1n) is 11.9. The summed E-state index contributed by atoms with van der Waals surface area (Å²) < 4.78 is 19.3. The van der Waals surface area contributed by atoms with Crippen LogP contribution < -0.4 is 10.6 Å². The van der Waals surface area contributed by atoms with Gasteiger partial charge in [0.1, 0.15) is 5.82 Å². The highest BCUT2D eigenvalue weighted by molar-refractivity contribution is 5.75. The van der Waals surface area contributed by atoms with Crippen molar-refractivity contribution in [2.75, 3.05) is 19.7 Å². The molecule has 1 saturated carbocycles. The average molecular weight is 447 g/mol. The number of halogens is 1. The molecule has 7 nitrogen and oxygen atoms in total. The molecule has 2 saturated heterocycles. The number of piperidine rings is 1. The number of carbonyl (C=O) groups is 2. The van der Waals surface area contributed by atoms with Crippen molar-refractivity contribution in [1.29, 1.82) is 0 Å². The Bertz CT molecular complexity index is 804. The zero-order valence-electron chi connectivity index (χ0n) is 19.1. The Morgan fingerprint density at radius 2 is 1.84 bits per heavy atom. The maximum Gasteiger partial charge on any atom is 0.318 e. The molecule has 176 valence electrons.